The molecular weight excluding hydrogens is 208 g/mol. The van der Waals surface area contributed by atoms with Crippen LogP contribution in [0.25, 0.3) is 0 Å². The van der Waals surface area contributed by atoms with Crippen molar-refractivity contribution in [2.75, 3.05) is 13.1 Å². The van der Waals surface area contributed by atoms with Gasteiger partial charge < -0.3 is 10.6 Å². The van der Waals surface area contributed by atoms with E-state index in [9.17, 15) is 9.59 Å². The van der Waals surface area contributed by atoms with E-state index in [1.165, 1.54) is 0 Å². The lowest BCUT2D eigenvalue weighted by Crippen LogP contribution is -2.36. The van der Waals surface area contributed by atoms with Crippen LogP contribution in [-0.4, -0.2) is 34.7 Å². The first-order valence-corrected chi connectivity index (χ1v) is 5.10. The molecule has 16 heavy (non-hydrogen) atoms. The average molecular weight is 224 g/mol. The van der Waals surface area contributed by atoms with Gasteiger partial charge >= 0.3 is 0 Å². The number of carbonyl (C=O) groups is 2. The Morgan fingerprint density at radius 2 is 2.12 bits per heavy atom. The third kappa shape index (κ3) is 3.08. The number of aryl methyl sites for hydroxylation is 2. The maximum absolute atomic E-state index is 11.6. The van der Waals surface area contributed by atoms with E-state index in [4.69, 9.17) is 0 Å². The molecule has 0 saturated carbocycles. The minimum Gasteiger partial charge on any atom is -0.355 e. The molecule has 0 bridgehead atoms. The summed E-state index contributed by atoms with van der Waals surface area (Å²) in [5.74, 6) is -0.543. The van der Waals surface area contributed by atoms with Gasteiger partial charge in [-0.1, -0.05) is 0 Å². The molecule has 2 amide bonds. The summed E-state index contributed by atoms with van der Waals surface area (Å²) in [7, 11) is 1.76. The number of amides is 2. The Morgan fingerprint density at radius 1 is 1.44 bits per heavy atom. The fourth-order valence-corrected chi connectivity index (χ4v) is 1.18. The first-order chi connectivity index (χ1) is 7.54. The summed E-state index contributed by atoms with van der Waals surface area (Å²) >= 11 is 0. The number of hydrogen-bond acceptors (Lipinski definition) is 3. The molecule has 0 radical (unpaired) electrons. The number of likely N-dealkylation sites (N-methyl/N-ethyl adjacent to an activating group) is 1. The summed E-state index contributed by atoms with van der Waals surface area (Å²) in [5.41, 5.74) is 1.22. The fourth-order valence-electron chi connectivity index (χ4n) is 1.18. The van der Waals surface area contributed by atoms with Crippen LogP contribution in [0.15, 0.2) is 6.07 Å². The molecule has 0 aromatic carbocycles. The Kier molecular flexibility index (Phi) is 4.04. The van der Waals surface area contributed by atoms with Crippen LogP contribution < -0.4 is 10.6 Å². The lowest BCUT2D eigenvalue weighted by molar-refractivity contribution is -0.120. The van der Waals surface area contributed by atoms with Crippen LogP contribution >= 0.6 is 0 Å². The molecule has 0 aliphatic carbocycles. The monoisotopic (exact) mass is 224 g/mol. The highest BCUT2D eigenvalue weighted by Gasteiger charge is 2.11. The van der Waals surface area contributed by atoms with E-state index in [-0.39, 0.29) is 18.4 Å². The molecule has 0 aliphatic rings. The van der Waals surface area contributed by atoms with E-state index in [0.717, 1.165) is 5.69 Å². The second kappa shape index (κ2) is 5.29. The molecule has 6 nitrogen and oxygen atoms in total. The maximum Gasteiger partial charge on any atom is 0.272 e. The average Bonchev–Trinajstić information content (AvgIpc) is 2.56. The Balaban J connectivity index is 2.50. The lowest BCUT2D eigenvalue weighted by atomic mass is 10.3. The van der Waals surface area contributed by atoms with E-state index < -0.39 is 0 Å². The number of rotatable bonds is 4. The fraction of sp³-hybridized carbons (Fsp3) is 0.500. The zero-order valence-corrected chi connectivity index (χ0v) is 9.70. The van der Waals surface area contributed by atoms with Gasteiger partial charge in [0.2, 0.25) is 5.91 Å². The van der Waals surface area contributed by atoms with Crippen LogP contribution in [0.3, 0.4) is 0 Å². The Morgan fingerprint density at radius 3 is 2.62 bits per heavy atom. The smallest absolute Gasteiger partial charge is 0.272 e. The van der Waals surface area contributed by atoms with Crippen molar-refractivity contribution >= 4 is 11.8 Å². The van der Waals surface area contributed by atoms with Crippen LogP contribution in [0, 0.1) is 6.92 Å². The molecule has 1 heterocycles. The molecule has 1 aromatic heterocycles. The minimum absolute atomic E-state index is 0.0255. The number of aromatic nitrogens is 2. The number of nitrogens with one attached hydrogen (secondary N) is 2. The highest BCUT2D eigenvalue weighted by Crippen LogP contribution is 2.00. The van der Waals surface area contributed by atoms with Crippen molar-refractivity contribution in [1.82, 2.24) is 20.4 Å². The summed E-state index contributed by atoms with van der Waals surface area (Å²) in [6.45, 7) is 4.20. The number of nitrogens with zero attached hydrogens (tertiary/aromatic N) is 2. The molecule has 1 rings (SSSR count). The van der Waals surface area contributed by atoms with E-state index in [1.807, 2.05) is 13.8 Å². The van der Waals surface area contributed by atoms with E-state index in [2.05, 4.69) is 15.7 Å². The van der Waals surface area contributed by atoms with Crippen LogP contribution in [0.2, 0.25) is 0 Å². The third-order valence-corrected chi connectivity index (χ3v) is 2.13. The second-order valence-electron chi connectivity index (χ2n) is 3.43. The Bertz CT molecular complexity index is 378. The topological polar surface area (TPSA) is 76.0 Å². The maximum atomic E-state index is 11.6. The van der Waals surface area contributed by atoms with Crippen LogP contribution in [0.1, 0.15) is 23.1 Å². The summed E-state index contributed by atoms with van der Waals surface area (Å²) in [4.78, 5) is 22.7. The third-order valence-electron chi connectivity index (χ3n) is 2.13. The lowest BCUT2D eigenvalue weighted by Gasteiger charge is -2.02. The van der Waals surface area contributed by atoms with Gasteiger partial charge in [-0.15, -0.1) is 0 Å². The Labute approximate surface area is 94.0 Å². The van der Waals surface area contributed by atoms with Crippen molar-refractivity contribution < 1.29 is 9.59 Å². The van der Waals surface area contributed by atoms with Crippen molar-refractivity contribution in [3.63, 3.8) is 0 Å². The van der Waals surface area contributed by atoms with Gasteiger partial charge in [-0.25, -0.2) is 0 Å². The number of hydrogen-bond donors (Lipinski definition) is 2. The molecule has 0 fully saturated rings. The highest BCUT2D eigenvalue weighted by molar-refractivity contribution is 5.94. The van der Waals surface area contributed by atoms with Crippen LogP contribution in [-0.2, 0) is 11.8 Å². The normalized spacial score (nSPS) is 9.94. The van der Waals surface area contributed by atoms with Gasteiger partial charge in [0, 0.05) is 19.3 Å². The van der Waals surface area contributed by atoms with Crippen molar-refractivity contribution in [2.45, 2.75) is 13.8 Å². The highest BCUT2D eigenvalue weighted by atomic mass is 16.2. The van der Waals surface area contributed by atoms with E-state index >= 15 is 0 Å². The number of carbonyl (C=O) groups excluding carboxylic acids is 2. The minimum atomic E-state index is -0.338. The SMILES string of the molecule is CCNC(=O)CNC(=O)c1cc(C)n(C)n1. The predicted molar refractivity (Wildman–Crippen MR) is 59.0 cm³/mol. The first-order valence-electron chi connectivity index (χ1n) is 5.10. The van der Waals surface area contributed by atoms with Crippen LogP contribution in [0.5, 0.6) is 0 Å². The molecule has 0 atom stereocenters. The second-order valence-corrected chi connectivity index (χ2v) is 3.43. The molecule has 6 heteroatoms. The van der Waals surface area contributed by atoms with Gasteiger partial charge in [0.25, 0.3) is 5.91 Å². The summed E-state index contributed by atoms with van der Waals surface area (Å²) in [6.07, 6.45) is 0. The molecule has 2 N–H and O–H groups in total. The summed E-state index contributed by atoms with van der Waals surface area (Å²) < 4.78 is 1.61. The van der Waals surface area contributed by atoms with Crippen molar-refractivity contribution in [2.24, 2.45) is 7.05 Å². The van der Waals surface area contributed by atoms with Gasteiger partial charge in [-0.3, -0.25) is 14.3 Å². The van der Waals surface area contributed by atoms with Gasteiger partial charge in [0.05, 0.1) is 6.54 Å². The quantitative estimate of drug-likeness (QED) is 0.730. The van der Waals surface area contributed by atoms with Crippen molar-refractivity contribution in [3.05, 3.63) is 17.5 Å². The van der Waals surface area contributed by atoms with Gasteiger partial charge in [0.15, 0.2) is 0 Å². The molecule has 0 aliphatic heterocycles. The van der Waals surface area contributed by atoms with Crippen molar-refractivity contribution in [1.29, 1.82) is 0 Å². The van der Waals surface area contributed by atoms with Gasteiger partial charge in [-0.05, 0) is 19.9 Å². The zero-order chi connectivity index (χ0) is 12.1. The first kappa shape index (κ1) is 12.2. The largest absolute Gasteiger partial charge is 0.355 e. The molecule has 0 saturated heterocycles. The molecule has 0 unspecified atom stereocenters. The molecule has 1 aromatic rings. The standard InChI is InChI=1S/C10H16N4O2/c1-4-11-9(15)6-12-10(16)8-5-7(2)14(3)13-8/h5H,4,6H2,1-3H3,(H,11,15)(H,12,16). The molecular formula is C10H16N4O2. The molecule has 88 valence electrons. The summed E-state index contributed by atoms with van der Waals surface area (Å²) in [6, 6.07) is 1.67. The van der Waals surface area contributed by atoms with Crippen molar-refractivity contribution in [3.8, 4) is 0 Å². The summed E-state index contributed by atoms with van der Waals surface area (Å²) in [5, 5.41) is 9.09. The van der Waals surface area contributed by atoms with Gasteiger partial charge in [0.1, 0.15) is 5.69 Å². The van der Waals surface area contributed by atoms with Gasteiger partial charge in [-0.2, -0.15) is 5.10 Å². The predicted octanol–water partition coefficient (Wildman–Crippen LogP) is -0.406. The zero-order valence-electron chi connectivity index (χ0n) is 9.70. The van der Waals surface area contributed by atoms with Crippen LogP contribution in [0.4, 0.5) is 0 Å². The van der Waals surface area contributed by atoms with E-state index in [0.29, 0.717) is 12.2 Å². The Hall–Kier alpha value is -1.85. The van der Waals surface area contributed by atoms with E-state index in [1.54, 1.807) is 17.8 Å². The molecule has 0 spiro atoms.